The van der Waals surface area contributed by atoms with Gasteiger partial charge in [-0.2, -0.15) is 0 Å². The Morgan fingerprint density at radius 3 is 2.89 bits per heavy atom. The Labute approximate surface area is 116 Å². The maximum Gasteiger partial charge on any atom is 0.223 e. The van der Waals surface area contributed by atoms with Gasteiger partial charge in [-0.25, -0.2) is 4.98 Å². The van der Waals surface area contributed by atoms with E-state index in [0.717, 1.165) is 17.2 Å². The van der Waals surface area contributed by atoms with Crippen LogP contribution in [0.25, 0.3) is 0 Å². The van der Waals surface area contributed by atoms with Gasteiger partial charge in [0.2, 0.25) is 5.91 Å². The quantitative estimate of drug-likeness (QED) is 0.844. The van der Waals surface area contributed by atoms with Gasteiger partial charge >= 0.3 is 0 Å². The van der Waals surface area contributed by atoms with Crippen molar-refractivity contribution >= 4 is 17.2 Å². The number of amides is 1. The lowest BCUT2D eigenvalue weighted by Crippen LogP contribution is -2.26. The van der Waals surface area contributed by atoms with E-state index >= 15 is 0 Å². The molecule has 0 radical (unpaired) electrons. The first-order valence-corrected chi connectivity index (χ1v) is 7.05. The second kappa shape index (κ2) is 7.53. The number of carbonyl (C=O) groups is 1. The minimum Gasteiger partial charge on any atom is -0.493 e. The van der Waals surface area contributed by atoms with Crippen LogP contribution in [0.15, 0.2) is 41.9 Å². The van der Waals surface area contributed by atoms with E-state index in [1.165, 1.54) is 0 Å². The molecule has 0 spiro atoms. The van der Waals surface area contributed by atoms with E-state index in [9.17, 15) is 4.79 Å². The summed E-state index contributed by atoms with van der Waals surface area (Å²) in [7, 11) is 0. The molecular weight excluding hydrogens is 260 g/mol. The van der Waals surface area contributed by atoms with Crippen molar-refractivity contribution in [3.05, 3.63) is 46.9 Å². The van der Waals surface area contributed by atoms with Gasteiger partial charge < -0.3 is 10.1 Å². The molecule has 2 rings (SSSR count). The molecule has 0 aliphatic carbocycles. The molecule has 100 valence electrons. The lowest BCUT2D eigenvalue weighted by Gasteiger charge is -2.06. The van der Waals surface area contributed by atoms with E-state index in [2.05, 4.69) is 10.3 Å². The van der Waals surface area contributed by atoms with Crippen LogP contribution < -0.4 is 10.1 Å². The van der Waals surface area contributed by atoms with Crippen molar-refractivity contribution in [2.45, 2.75) is 12.8 Å². The monoisotopic (exact) mass is 276 g/mol. The summed E-state index contributed by atoms with van der Waals surface area (Å²) < 4.78 is 5.46. The Balaban J connectivity index is 1.57. The van der Waals surface area contributed by atoms with Gasteiger partial charge in [-0.1, -0.05) is 18.2 Å². The van der Waals surface area contributed by atoms with E-state index in [-0.39, 0.29) is 5.91 Å². The van der Waals surface area contributed by atoms with Gasteiger partial charge in [0, 0.05) is 24.5 Å². The van der Waals surface area contributed by atoms with Gasteiger partial charge in [0.15, 0.2) is 0 Å². The zero-order valence-corrected chi connectivity index (χ0v) is 11.4. The summed E-state index contributed by atoms with van der Waals surface area (Å²) in [5.74, 6) is 0.797. The maximum absolute atomic E-state index is 11.6. The van der Waals surface area contributed by atoms with Crippen LogP contribution in [-0.4, -0.2) is 24.0 Å². The van der Waals surface area contributed by atoms with Gasteiger partial charge in [0.25, 0.3) is 0 Å². The molecular formula is C14H16N2O2S. The minimum absolute atomic E-state index is 0.00693. The summed E-state index contributed by atoms with van der Waals surface area (Å²) in [5, 5.41) is 5.83. The van der Waals surface area contributed by atoms with Crippen LogP contribution in [0.5, 0.6) is 5.75 Å². The fourth-order valence-corrected chi connectivity index (χ4v) is 2.17. The fourth-order valence-electron chi connectivity index (χ4n) is 1.55. The molecule has 0 saturated heterocycles. The van der Waals surface area contributed by atoms with Crippen LogP contribution in [0.3, 0.4) is 0 Å². The smallest absolute Gasteiger partial charge is 0.223 e. The second-order valence-corrected chi connectivity index (χ2v) is 4.92. The Bertz CT molecular complexity index is 485. The Morgan fingerprint density at radius 2 is 2.16 bits per heavy atom. The molecule has 19 heavy (non-hydrogen) atoms. The zero-order valence-electron chi connectivity index (χ0n) is 10.5. The predicted molar refractivity (Wildman–Crippen MR) is 75.4 cm³/mol. The molecule has 0 unspecified atom stereocenters. The van der Waals surface area contributed by atoms with E-state index in [1.54, 1.807) is 17.5 Å². The number of benzene rings is 1. The number of hydrogen-bond donors (Lipinski definition) is 1. The van der Waals surface area contributed by atoms with Crippen LogP contribution in [0.2, 0.25) is 0 Å². The first kappa shape index (κ1) is 13.5. The predicted octanol–water partition coefficient (Wildman–Crippen LogP) is 2.27. The first-order valence-electron chi connectivity index (χ1n) is 6.17. The van der Waals surface area contributed by atoms with Gasteiger partial charge in [-0.3, -0.25) is 4.79 Å². The highest BCUT2D eigenvalue weighted by Gasteiger charge is 2.02. The van der Waals surface area contributed by atoms with Crippen molar-refractivity contribution in [3.63, 3.8) is 0 Å². The normalized spacial score (nSPS) is 10.1. The summed E-state index contributed by atoms with van der Waals surface area (Å²) in [5.41, 5.74) is 0. The molecule has 4 nitrogen and oxygen atoms in total. The van der Waals surface area contributed by atoms with Crippen molar-refractivity contribution in [2.24, 2.45) is 0 Å². The van der Waals surface area contributed by atoms with Gasteiger partial charge in [-0.15, -0.1) is 11.3 Å². The SMILES string of the molecule is O=C(CCOc1ccccc1)NCCc1nccs1. The molecule has 0 atom stereocenters. The Hall–Kier alpha value is -1.88. The fraction of sp³-hybridized carbons (Fsp3) is 0.286. The molecule has 5 heteroatoms. The van der Waals surface area contributed by atoms with Crippen LogP contribution in [0.1, 0.15) is 11.4 Å². The lowest BCUT2D eigenvalue weighted by molar-refractivity contribution is -0.121. The maximum atomic E-state index is 11.6. The van der Waals surface area contributed by atoms with Crippen molar-refractivity contribution in [3.8, 4) is 5.75 Å². The standard InChI is InChI=1S/C14H16N2O2S/c17-13(15-8-6-14-16-9-11-19-14)7-10-18-12-4-2-1-3-5-12/h1-5,9,11H,6-8,10H2,(H,15,17). The molecule has 1 heterocycles. The molecule has 2 aromatic rings. The van der Waals surface area contributed by atoms with Crippen LogP contribution in [0.4, 0.5) is 0 Å². The van der Waals surface area contributed by atoms with Gasteiger partial charge in [0.1, 0.15) is 5.75 Å². The molecule has 0 saturated carbocycles. The largest absolute Gasteiger partial charge is 0.493 e. The molecule has 1 aromatic carbocycles. The Morgan fingerprint density at radius 1 is 1.32 bits per heavy atom. The van der Waals surface area contributed by atoms with Crippen molar-refractivity contribution < 1.29 is 9.53 Å². The van der Waals surface area contributed by atoms with Crippen molar-refractivity contribution in [2.75, 3.05) is 13.2 Å². The number of hydrogen-bond acceptors (Lipinski definition) is 4. The number of ether oxygens (including phenoxy) is 1. The minimum atomic E-state index is 0.00693. The van der Waals surface area contributed by atoms with E-state index < -0.39 is 0 Å². The van der Waals surface area contributed by atoms with Crippen molar-refractivity contribution in [1.29, 1.82) is 0 Å². The summed E-state index contributed by atoms with van der Waals surface area (Å²) in [6.07, 6.45) is 2.92. The summed E-state index contributed by atoms with van der Waals surface area (Å²) in [6, 6.07) is 9.49. The highest BCUT2D eigenvalue weighted by molar-refractivity contribution is 7.09. The molecule has 1 amide bonds. The topological polar surface area (TPSA) is 51.2 Å². The number of para-hydroxylation sites is 1. The van der Waals surface area contributed by atoms with Gasteiger partial charge in [-0.05, 0) is 12.1 Å². The average molecular weight is 276 g/mol. The third-order valence-electron chi connectivity index (χ3n) is 2.49. The molecule has 1 N–H and O–H groups in total. The number of nitrogens with zero attached hydrogens (tertiary/aromatic N) is 1. The van der Waals surface area contributed by atoms with E-state index in [0.29, 0.717) is 19.6 Å². The number of rotatable bonds is 7. The van der Waals surface area contributed by atoms with E-state index in [1.807, 2.05) is 35.7 Å². The average Bonchev–Trinajstić information content (AvgIpc) is 2.93. The third-order valence-corrected chi connectivity index (χ3v) is 3.32. The molecule has 1 aromatic heterocycles. The molecule has 0 aliphatic rings. The summed E-state index contributed by atoms with van der Waals surface area (Å²) >= 11 is 1.60. The highest BCUT2D eigenvalue weighted by Crippen LogP contribution is 2.08. The summed E-state index contributed by atoms with van der Waals surface area (Å²) in [6.45, 7) is 1.02. The van der Waals surface area contributed by atoms with Crippen LogP contribution in [-0.2, 0) is 11.2 Å². The lowest BCUT2D eigenvalue weighted by atomic mass is 10.3. The molecule has 0 bridgehead atoms. The summed E-state index contributed by atoms with van der Waals surface area (Å²) in [4.78, 5) is 15.7. The number of carbonyl (C=O) groups excluding carboxylic acids is 1. The second-order valence-electron chi connectivity index (χ2n) is 3.94. The van der Waals surface area contributed by atoms with E-state index in [4.69, 9.17) is 4.74 Å². The van der Waals surface area contributed by atoms with Gasteiger partial charge in [0.05, 0.1) is 18.0 Å². The Kier molecular flexibility index (Phi) is 5.37. The zero-order chi connectivity index (χ0) is 13.3. The first-order chi connectivity index (χ1) is 9.34. The van der Waals surface area contributed by atoms with Crippen LogP contribution in [0, 0.1) is 0 Å². The van der Waals surface area contributed by atoms with Crippen molar-refractivity contribution in [1.82, 2.24) is 10.3 Å². The van der Waals surface area contributed by atoms with Crippen LogP contribution >= 0.6 is 11.3 Å². The number of thiazole rings is 1. The highest BCUT2D eigenvalue weighted by atomic mass is 32.1. The third kappa shape index (κ3) is 5.09. The molecule has 0 fully saturated rings. The molecule has 0 aliphatic heterocycles. The number of aromatic nitrogens is 1. The number of nitrogens with one attached hydrogen (secondary N) is 1.